The van der Waals surface area contributed by atoms with E-state index in [1.54, 1.807) is 0 Å². The molecule has 0 spiro atoms. The zero-order valence-electron chi connectivity index (χ0n) is 23.7. The summed E-state index contributed by atoms with van der Waals surface area (Å²) in [7, 11) is 0. The van der Waals surface area contributed by atoms with Crippen LogP contribution in [0, 0.1) is 52.3 Å². The summed E-state index contributed by atoms with van der Waals surface area (Å²) in [4.78, 5) is 12.3. The second-order valence-corrected chi connectivity index (χ2v) is 14.3. The van der Waals surface area contributed by atoms with Gasteiger partial charge < -0.3 is 25.4 Å². The Bertz CT molecular complexity index is 821. The summed E-state index contributed by atoms with van der Waals surface area (Å²) in [6.45, 7) is 9.99. The van der Waals surface area contributed by atoms with E-state index in [-0.39, 0.29) is 29.1 Å². The maximum atomic E-state index is 12.3. The maximum absolute atomic E-state index is 12.3. The van der Waals surface area contributed by atoms with E-state index in [1.807, 2.05) is 0 Å². The molecule has 5 fully saturated rings. The Morgan fingerprint density at radius 2 is 1.70 bits per heavy atom. The van der Waals surface area contributed by atoms with Crippen LogP contribution in [0.15, 0.2) is 0 Å². The van der Waals surface area contributed by atoms with Crippen LogP contribution >= 0.6 is 0 Å². The molecule has 6 nitrogen and oxygen atoms in total. The molecule has 5 rings (SSSR count). The highest BCUT2D eigenvalue weighted by atomic mass is 16.5. The molecule has 0 aliphatic heterocycles. The van der Waals surface area contributed by atoms with Gasteiger partial charge in [-0.05, 0) is 123 Å². The molecule has 0 unspecified atom stereocenters. The molecule has 0 aromatic rings. The van der Waals surface area contributed by atoms with Crippen molar-refractivity contribution in [3.8, 4) is 0 Å². The summed E-state index contributed by atoms with van der Waals surface area (Å²) >= 11 is 0. The largest absolute Gasteiger partial charge is 0.450 e. The SMILES string of the molecule is CC[C@H]1[C@@H](O)[C@@H]2[C@H](CC[C@]3(C)[C@@H]([C@H](C)CCOC(=O)N[C@@H]4CCC[C@@H]4O)CC[C@@H]23)[C@@]2(C)CC[C@@H](O)C[C@@H]12. The average molecular weight is 520 g/mol. The third-order valence-corrected chi connectivity index (χ3v) is 12.7. The van der Waals surface area contributed by atoms with Crippen LogP contribution in [-0.4, -0.2) is 52.4 Å². The van der Waals surface area contributed by atoms with E-state index in [4.69, 9.17) is 4.74 Å². The fraction of sp³-hybridized carbons (Fsp3) is 0.968. The summed E-state index contributed by atoms with van der Waals surface area (Å²) < 4.78 is 5.54. The lowest BCUT2D eigenvalue weighted by molar-refractivity contribution is -0.203. The summed E-state index contributed by atoms with van der Waals surface area (Å²) in [6, 6.07) is -0.169. The number of nitrogens with one attached hydrogen (secondary N) is 1. The number of alkyl carbamates (subject to hydrolysis) is 1. The summed E-state index contributed by atoms with van der Waals surface area (Å²) in [6.07, 6.45) is 10.8. The van der Waals surface area contributed by atoms with Gasteiger partial charge in [0, 0.05) is 0 Å². The lowest BCUT2D eigenvalue weighted by Gasteiger charge is -2.64. The van der Waals surface area contributed by atoms with Gasteiger partial charge in [0.15, 0.2) is 0 Å². The van der Waals surface area contributed by atoms with E-state index < -0.39 is 12.2 Å². The molecule has 5 aliphatic carbocycles. The third kappa shape index (κ3) is 4.75. The van der Waals surface area contributed by atoms with Crippen LogP contribution in [0.25, 0.3) is 0 Å². The lowest BCUT2D eigenvalue weighted by atomic mass is 9.41. The van der Waals surface area contributed by atoms with Gasteiger partial charge in [0.1, 0.15) is 0 Å². The molecule has 13 atom stereocenters. The Kier molecular flexibility index (Phi) is 7.95. The predicted molar refractivity (Wildman–Crippen MR) is 144 cm³/mol. The number of fused-ring (bicyclic) bond motifs is 5. The minimum atomic E-state index is -0.448. The highest BCUT2D eigenvalue weighted by Gasteiger charge is 2.64. The van der Waals surface area contributed by atoms with Crippen molar-refractivity contribution in [1.29, 1.82) is 0 Å². The lowest BCUT2D eigenvalue weighted by Crippen LogP contribution is -2.62. The van der Waals surface area contributed by atoms with Crippen LogP contribution in [0.5, 0.6) is 0 Å². The van der Waals surface area contributed by atoms with Crippen molar-refractivity contribution in [1.82, 2.24) is 5.32 Å². The number of rotatable bonds is 6. The molecule has 0 heterocycles. The number of amides is 1. The summed E-state index contributed by atoms with van der Waals surface area (Å²) in [5, 5.41) is 35.2. The average Bonchev–Trinajstić information content (AvgIpc) is 3.42. The van der Waals surface area contributed by atoms with E-state index in [9.17, 15) is 20.1 Å². The maximum Gasteiger partial charge on any atom is 0.407 e. The Labute approximate surface area is 224 Å². The molecule has 0 aromatic carbocycles. The van der Waals surface area contributed by atoms with Gasteiger partial charge in [-0.1, -0.05) is 34.1 Å². The Morgan fingerprint density at radius 1 is 0.973 bits per heavy atom. The van der Waals surface area contributed by atoms with Gasteiger partial charge in [-0.15, -0.1) is 0 Å². The number of hydrogen-bond acceptors (Lipinski definition) is 5. The van der Waals surface area contributed by atoms with E-state index in [0.29, 0.717) is 48.0 Å². The van der Waals surface area contributed by atoms with Gasteiger partial charge in [0.2, 0.25) is 0 Å². The van der Waals surface area contributed by atoms with Crippen LogP contribution in [0.2, 0.25) is 0 Å². The number of hydrogen-bond donors (Lipinski definition) is 4. The number of ether oxygens (including phenoxy) is 1. The molecule has 5 aliphatic rings. The molecule has 37 heavy (non-hydrogen) atoms. The molecule has 0 bridgehead atoms. The zero-order valence-corrected chi connectivity index (χ0v) is 23.7. The molecule has 4 N–H and O–H groups in total. The van der Waals surface area contributed by atoms with Crippen LogP contribution in [0.1, 0.15) is 105 Å². The van der Waals surface area contributed by atoms with Gasteiger partial charge in [0.25, 0.3) is 0 Å². The van der Waals surface area contributed by atoms with Crippen LogP contribution in [0.3, 0.4) is 0 Å². The minimum Gasteiger partial charge on any atom is -0.450 e. The van der Waals surface area contributed by atoms with Crippen LogP contribution in [0.4, 0.5) is 4.79 Å². The molecule has 6 heteroatoms. The number of carbonyl (C=O) groups excluding carboxylic acids is 1. The number of aliphatic hydroxyl groups excluding tert-OH is 3. The number of carbonyl (C=O) groups is 1. The quantitative estimate of drug-likeness (QED) is 0.383. The van der Waals surface area contributed by atoms with Crippen molar-refractivity contribution in [3.05, 3.63) is 0 Å². The Balaban J connectivity index is 1.23. The third-order valence-electron chi connectivity index (χ3n) is 12.7. The van der Waals surface area contributed by atoms with Gasteiger partial charge >= 0.3 is 6.09 Å². The Morgan fingerprint density at radius 3 is 2.41 bits per heavy atom. The van der Waals surface area contributed by atoms with E-state index in [1.165, 1.54) is 25.7 Å². The highest BCUT2D eigenvalue weighted by Crippen LogP contribution is 2.69. The van der Waals surface area contributed by atoms with Crippen molar-refractivity contribution >= 4 is 6.09 Å². The van der Waals surface area contributed by atoms with Gasteiger partial charge in [-0.2, -0.15) is 0 Å². The standard InChI is InChI=1S/C31H53NO5/c1-5-20-24-17-19(33)11-14-31(24,4)23-12-15-30(3)21(9-10-22(30)27(23)28(20)35)18(2)13-16-37-29(36)32-25-7-6-8-26(25)34/h18-28,33-35H,5-17H2,1-4H3,(H,32,36)/t18-,19-,20-,21-,22+,23+,24+,25-,26+,27+,28-,30-,31-/m1/s1. The second kappa shape index (κ2) is 10.6. The smallest absolute Gasteiger partial charge is 0.407 e. The van der Waals surface area contributed by atoms with Crippen molar-refractivity contribution in [2.75, 3.05) is 6.61 Å². The molecular weight excluding hydrogens is 466 g/mol. The van der Waals surface area contributed by atoms with Crippen molar-refractivity contribution in [3.63, 3.8) is 0 Å². The second-order valence-electron chi connectivity index (χ2n) is 14.3. The normalized spacial score (nSPS) is 50.0. The molecule has 212 valence electrons. The van der Waals surface area contributed by atoms with Gasteiger partial charge in [0.05, 0.1) is 31.0 Å². The first-order valence-electron chi connectivity index (χ1n) is 15.6. The molecule has 0 aromatic heterocycles. The van der Waals surface area contributed by atoms with E-state index in [2.05, 4.69) is 33.0 Å². The molecule has 0 radical (unpaired) electrons. The molecule has 0 saturated heterocycles. The fourth-order valence-electron chi connectivity index (χ4n) is 10.8. The van der Waals surface area contributed by atoms with E-state index in [0.717, 1.165) is 51.4 Å². The van der Waals surface area contributed by atoms with Crippen molar-refractivity contribution in [2.45, 2.75) is 129 Å². The molecule has 1 amide bonds. The highest BCUT2D eigenvalue weighted by molar-refractivity contribution is 5.67. The van der Waals surface area contributed by atoms with E-state index >= 15 is 0 Å². The monoisotopic (exact) mass is 519 g/mol. The first-order valence-corrected chi connectivity index (χ1v) is 15.6. The van der Waals surface area contributed by atoms with Crippen LogP contribution < -0.4 is 5.32 Å². The zero-order chi connectivity index (χ0) is 26.5. The van der Waals surface area contributed by atoms with Gasteiger partial charge in [-0.3, -0.25) is 0 Å². The van der Waals surface area contributed by atoms with Crippen molar-refractivity contribution < 1.29 is 24.9 Å². The first kappa shape index (κ1) is 27.7. The van der Waals surface area contributed by atoms with Gasteiger partial charge in [-0.25, -0.2) is 4.79 Å². The van der Waals surface area contributed by atoms with Crippen molar-refractivity contribution in [2.24, 2.45) is 52.3 Å². The Hall–Kier alpha value is -0.850. The number of aliphatic hydroxyl groups is 3. The first-order chi connectivity index (χ1) is 17.6. The fourth-order valence-corrected chi connectivity index (χ4v) is 10.8. The van der Waals surface area contributed by atoms with Crippen LogP contribution in [-0.2, 0) is 4.74 Å². The topological polar surface area (TPSA) is 99.0 Å². The molecule has 5 saturated carbocycles. The molecular formula is C31H53NO5. The summed E-state index contributed by atoms with van der Waals surface area (Å²) in [5.74, 6) is 3.28. The summed E-state index contributed by atoms with van der Waals surface area (Å²) in [5.41, 5.74) is 0.469. The minimum absolute atomic E-state index is 0.169. The predicted octanol–water partition coefficient (Wildman–Crippen LogP) is 5.28.